The second-order valence-electron chi connectivity index (χ2n) is 6.34. The molecule has 2 aromatic carbocycles. The van der Waals surface area contributed by atoms with Gasteiger partial charge in [0.05, 0.1) is 0 Å². The van der Waals surface area contributed by atoms with Crippen LogP contribution in [0.15, 0.2) is 77.9 Å². The summed E-state index contributed by atoms with van der Waals surface area (Å²) in [6.07, 6.45) is 4.31. The van der Waals surface area contributed by atoms with Crippen molar-refractivity contribution in [3.8, 4) is 11.3 Å². The Morgan fingerprint density at radius 2 is 2.00 bits per heavy atom. The van der Waals surface area contributed by atoms with Crippen LogP contribution in [0.5, 0.6) is 0 Å². The van der Waals surface area contributed by atoms with Crippen LogP contribution in [-0.2, 0) is 0 Å². The summed E-state index contributed by atoms with van der Waals surface area (Å²) in [4.78, 5) is 12.4. The standard InChI is InChI=1S/C23H21ClN2O2/c1-3-7-17(20-14-19(24)11-10-16(20)2)12-13-25-23(27)22-15-21(26-28-22)18-8-5-4-6-9-18/h3-11,14-15H,1,12-13H2,2H3,(H,25,27)/b17-7-. The monoisotopic (exact) mass is 392 g/mol. The van der Waals surface area contributed by atoms with E-state index in [0.717, 1.165) is 22.3 Å². The summed E-state index contributed by atoms with van der Waals surface area (Å²) in [5.74, 6) is -0.109. The fourth-order valence-electron chi connectivity index (χ4n) is 2.92. The van der Waals surface area contributed by atoms with E-state index in [-0.39, 0.29) is 11.7 Å². The number of carbonyl (C=O) groups is 1. The summed E-state index contributed by atoms with van der Waals surface area (Å²) in [5, 5.41) is 7.53. The molecule has 0 fully saturated rings. The van der Waals surface area contributed by atoms with Gasteiger partial charge in [-0.3, -0.25) is 4.79 Å². The lowest BCUT2D eigenvalue weighted by Gasteiger charge is -2.11. The van der Waals surface area contributed by atoms with Crippen molar-refractivity contribution >= 4 is 23.1 Å². The molecule has 5 heteroatoms. The fraction of sp³-hybridized carbons (Fsp3) is 0.130. The number of allylic oxidation sites excluding steroid dienone is 2. The maximum absolute atomic E-state index is 12.4. The average Bonchev–Trinajstić information content (AvgIpc) is 3.20. The van der Waals surface area contributed by atoms with E-state index in [1.54, 1.807) is 12.1 Å². The van der Waals surface area contributed by atoms with E-state index in [9.17, 15) is 4.79 Å². The fourth-order valence-corrected chi connectivity index (χ4v) is 3.09. The molecule has 142 valence electrons. The van der Waals surface area contributed by atoms with Gasteiger partial charge in [0.25, 0.3) is 5.91 Å². The van der Waals surface area contributed by atoms with Crippen LogP contribution in [0.25, 0.3) is 16.8 Å². The van der Waals surface area contributed by atoms with Crippen LogP contribution in [0.3, 0.4) is 0 Å². The maximum atomic E-state index is 12.4. The van der Waals surface area contributed by atoms with E-state index in [4.69, 9.17) is 16.1 Å². The summed E-state index contributed by atoms with van der Waals surface area (Å²) in [6.45, 7) is 6.26. The SMILES string of the molecule is C=C/C=C(/CCNC(=O)c1cc(-c2ccccc2)no1)c1cc(Cl)ccc1C. The quantitative estimate of drug-likeness (QED) is 0.525. The number of halogens is 1. The number of hydrogen-bond donors (Lipinski definition) is 1. The minimum atomic E-state index is -0.296. The van der Waals surface area contributed by atoms with Gasteiger partial charge in [-0.15, -0.1) is 0 Å². The van der Waals surface area contributed by atoms with Gasteiger partial charge in [-0.2, -0.15) is 0 Å². The Hall–Kier alpha value is -3.11. The van der Waals surface area contributed by atoms with Crippen LogP contribution in [0.1, 0.15) is 28.1 Å². The highest BCUT2D eigenvalue weighted by Crippen LogP contribution is 2.25. The molecule has 0 unspecified atom stereocenters. The van der Waals surface area contributed by atoms with Gasteiger partial charge < -0.3 is 9.84 Å². The first kappa shape index (κ1) is 19.6. The Morgan fingerprint density at radius 1 is 1.21 bits per heavy atom. The highest BCUT2D eigenvalue weighted by molar-refractivity contribution is 6.30. The highest BCUT2D eigenvalue weighted by Gasteiger charge is 2.14. The third kappa shape index (κ3) is 4.78. The number of amides is 1. The first-order valence-corrected chi connectivity index (χ1v) is 9.34. The largest absolute Gasteiger partial charge is 0.350 e. The van der Waals surface area contributed by atoms with Crippen LogP contribution >= 0.6 is 11.6 Å². The molecule has 0 atom stereocenters. The molecule has 1 heterocycles. The number of benzene rings is 2. The molecule has 0 radical (unpaired) electrons. The number of nitrogens with one attached hydrogen (secondary N) is 1. The zero-order chi connectivity index (χ0) is 19.9. The third-order valence-electron chi connectivity index (χ3n) is 4.35. The van der Waals surface area contributed by atoms with Gasteiger partial charge in [0.15, 0.2) is 0 Å². The molecule has 0 aliphatic carbocycles. The van der Waals surface area contributed by atoms with Gasteiger partial charge in [0, 0.05) is 23.2 Å². The van der Waals surface area contributed by atoms with E-state index < -0.39 is 0 Å². The first-order chi connectivity index (χ1) is 13.6. The van der Waals surface area contributed by atoms with Crippen molar-refractivity contribution in [2.75, 3.05) is 6.54 Å². The first-order valence-electron chi connectivity index (χ1n) is 8.97. The number of rotatable bonds is 7. The van der Waals surface area contributed by atoms with E-state index >= 15 is 0 Å². The van der Waals surface area contributed by atoms with Gasteiger partial charge in [-0.1, -0.05) is 71.9 Å². The van der Waals surface area contributed by atoms with Gasteiger partial charge >= 0.3 is 0 Å². The van der Waals surface area contributed by atoms with Gasteiger partial charge in [-0.25, -0.2) is 0 Å². The number of aryl methyl sites for hydroxylation is 1. The molecular weight excluding hydrogens is 372 g/mol. The molecule has 0 saturated carbocycles. The van der Waals surface area contributed by atoms with E-state index in [0.29, 0.717) is 23.7 Å². The molecule has 4 nitrogen and oxygen atoms in total. The predicted molar refractivity (Wildman–Crippen MR) is 113 cm³/mol. The van der Waals surface area contributed by atoms with Gasteiger partial charge in [0.2, 0.25) is 5.76 Å². The Kier molecular flexibility index (Phi) is 6.45. The van der Waals surface area contributed by atoms with Crippen LogP contribution in [0.2, 0.25) is 5.02 Å². The number of carbonyl (C=O) groups excluding carboxylic acids is 1. The lowest BCUT2D eigenvalue weighted by molar-refractivity contribution is 0.0918. The number of aromatic nitrogens is 1. The molecule has 0 bridgehead atoms. The Bertz CT molecular complexity index is 1010. The average molecular weight is 393 g/mol. The number of nitrogens with zero attached hydrogens (tertiary/aromatic N) is 1. The Labute approximate surface area is 169 Å². The molecule has 3 rings (SSSR count). The molecule has 1 amide bonds. The second kappa shape index (κ2) is 9.20. The molecule has 3 aromatic rings. The van der Waals surface area contributed by atoms with Crippen LogP contribution < -0.4 is 5.32 Å². The van der Waals surface area contributed by atoms with Crippen molar-refractivity contribution in [3.05, 3.63) is 95.2 Å². The molecule has 1 aromatic heterocycles. The normalized spacial score (nSPS) is 11.3. The third-order valence-corrected chi connectivity index (χ3v) is 4.58. The van der Waals surface area contributed by atoms with E-state index in [1.807, 2.05) is 61.5 Å². The lowest BCUT2D eigenvalue weighted by Crippen LogP contribution is -2.24. The van der Waals surface area contributed by atoms with E-state index in [2.05, 4.69) is 17.1 Å². The van der Waals surface area contributed by atoms with Crippen molar-refractivity contribution in [1.29, 1.82) is 0 Å². The topological polar surface area (TPSA) is 55.1 Å². The summed E-state index contributed by atoms with van der Waals surface area (Å²) in [6, 6.07) is 17.0. The molecule has 0 spiro atoms. The van der Waals surface area contributed by atoms with Crippen molar-refractivity contribution in [2.24, 2.45) is 0 Å². The number of hydrogen-bond acceptors (Lipinski definition) is 3. The molecular formula is C23H21ClN2O2. The summed E-state index contributed by atoms with van der Waals surface area (Å²) < 4.78 is 5.20. The zero-order valence-electron chi connectivity index (χ0n) is 15.6. The zero-order valence-corrected chi connectivity index (χ0v) is 16.4. The molecule has 0 aliphatic heterocycles. The second-order valence-corrected chi connectivity index (χ2v) is 6.77. The van der Waals surface area contributed by atoms with Gasteiger partial charge in [0.1, 0.15) is 5.69 Å². The highest BCUT2D eigenvalue weighted by atomic mass is 35.5. The van der Waals surface area contributed by atoms with Crippen molar-refractivity contribution in [2.45, 2.75) is 13.3 Å². The molecule has 28 heavy (non-hydrogen) atoms. The predicted octanol–water partition coefficient (Wildman–Crippen LogP) is 5.69. The van der Waals surface area contributed by atoms with Crippen molar-refractivity contribution in [3.63, 3.8) is 0 Å². The van der Waals surface area contributed by atoms with Gasteiger partial charge in [-0.05, 0) is 42.2 Å². The summed E-state index contributed by atoms with van der Waals surface area (Å²) in [5.41, 5.74) is 4.75. The van der Waals surface area contributed by atoms with Crippen molar-refractivity contribution in [1.82, 2.24) is 10.5 Å². The van der Waals surface area contributed by atoms with Crippen LogP contribution in [0, 0.1) is 6.92 Å². The van der Waals surface area contributed by atoms with E-state index in [1.165, 1.54) is 0 Å². The molecule has 1 N–H and O–H groups in total. The minimum absolute atomic E-state index is 0.187. The van der Waals surface area contributed by atoms with Crippen LogP contribution in [0.4, 0.5) is 0 Å². The Morgan fingerprint density at radius 3 is 2.75 bits per heavy atom. The van der Waals surface area contributed by atoms with Crippen molar-refractivity contribution < 1.29 is 9.32 Å². The maximum Gasteiger partial charge on any atom is 0.289 e. The molecule has 0 aliphatic rings. The summed E-state index contributed by atoms with van der Waals surface area (Å²) >= 11 is 6.14. The molecule has 0 saturated heterocycles. The van der Waals surface area contributed by atoms with Crippen LogP contribution in [-0.4, -0.2) is 17.6 Å². The Balaban J connectivity index is 1.64. The minimum Gasteiger partial charge on any atom is -0.350 e. The lowest BCUT2D eigenvalue weighted by atomic mass is 9.97. The summed E-state index contributed by atoms with van der Waals surface area (Å²) in [7, 11) is 0. The smallest absolute Gasteiger partial charge is 0.289 e.